The van der Waals surface area contributed by atoms with Crippen LogP contribution in [0.3, 0.4) is 0 Å². The van der Waals surface area contributed by atoms with Gasteiger partial charge in [0.05, 0.1) is 30.6 Å². The molecule has 0 saturated heterocycles. The fourth-order valence-corrected chi connectivity index (χ4v) is 3.94. The molecule has 1 N–H and O–H groups in total. The van der Waals surface area contributed by atoms with Gasteiger partial charge in [-0.2, -0.15) is 10.2 Å². The van der Waals surface area contributed by atoms with Crippen LogP contribution >= 0.6 is 0 Å². The Morgan fingerprint density at radius 3 is 1.69 bits per heavy atom. The maximum absolute atomic E-state index is 11.8. The highest BCUT2D eigenvalue weighted by atomic mass is 28.3. The molecule has 1 amide bonds. The van der Waals surface area contributed by atoms with Gasteiger partial charge in [0.15, 0.2) is 0 Å². The number of hydrogen-bond donors (Lipinski definition) is 1. The summed E-state index contributed by atoms with van der Waals surface area (Å²) in [5.41, 5.74) is 0.673. The molecule has 0 aliphatic carbocycles. The number of carbonyl (C=O) groups is 2. The number of hydroxylamine groups is 2. The lowest BCUT2D eigenvalue weighted by Gasteiger charge is -2.15. The third-order valence-corrected chi connectivity index (χ3v) is 8.17. The number of rotatable bonds is 13. The minimum absolute atomic E-state index is 0.189. The molecule has 0 aliphatic heterocycles. The Balaban J connectivity index is 0.000000355. The van der Waals surface area contributed by atoms with Gasteiger partial charge in [0.2, 0.25) is 0 Å². The number of carboxylic acids is 1. The molecule has 2 heterocycles. The van der Waals surface area contributed by atoms with Gasteiger partial charge in [-0.25, -0.2) is 19.2 Å². The molecule has 0 fully saturated rings. The van der Waals surface area contributed by atoms with Crippen LogP contribution in [-0.2, 0) is 27.8 Å². The van der Waals surface area contributed by atoms with Crippen LogP contribution in [-0.4, -0.2) is 85.1 Å². The second-order valence-electron chi connectivity index (χ2n) is 10.5. The van der Waals surface area contributed by atoms with Crippen molar-refractivity contribution in [2.24, 2.45) is 0 Å². The molecule has 198 valence electrons. The van der Waals surface area contributed by atoms with Crippen LogP contribution in [0.25, 0.3) is 0 Å². The summed E-state index contributed by atoms with van der Waals surface area (Å²) in [6.45, 7) is 15.9. The number of carbonyl (C=O) groups excluding carboxylic acids is 1. The monoisotopic (exact) mass is 527 g/mol. The van der Waals surface area contributed by atoms with E-state index in [1.165, 1.54) is 30.4 Å². The summed E-state index contributed by atoms with van der Waals surface area (Å²) >= 11 is 0. The van der Waals surface area contributed by atoms with Gasteiger partial charge >= 0.3 is 5.97 Å². The van der Waals surface area contributed by atoms with E-state index in [2.05, 4.69) is 49.5 Å². The smallest absolute Gasteiger partial charge is 0.338 e. The summed E-state index contributed by atoms with van der Waals surface area (Å²) < 4.78 is 14.1. The van der Waals surface area contributed by atoms with Crippen molar-refractivity contribution >= 4 is 28.0 Å². The summed E-state index contributed by atoms with van der Waals surface area (Å²) in [7, 11) is 0.889. The van der Waals surface area contributed by atoms with Gasteiger partial charge < -0.3 is 14.6 Å². The molecular formula is C22H41N5O6Si2. The third-order valence-electron chi connectivity index (χ3n) is 4.76. The van der Waals surface area contributed by atoms with Crippen molar-refractivity contribution in [3.63, 3.8) is 0 Å². The standard InChI is InChI=1S/C12H23N3O3Si.C10H18N2O3Si/c1-14(17-2)12(16)11-8-13-15(9-11)10-18-6-7-19(3,4)5;1-16(2,3)5-4-15-8-12-7-9(6-11-12)10(13)14/h8-9H,6-7,10H2,1-5H3;6-7H,4-5,8H2,1-3H3,(H,13,14). The fraction of sp³-hybridized carbons (Fsp3) is 0.636. The van der Waals surface area contributed by atoms with Gasteiger partial charge in [0.1, 0.15) is 13.5 Å². The third kappa shape index (κ3) is 13.4. The first kappa shape index (κ1) is 30.7. The molecular weight excluding hydrogens is 486 g/mol. The van der Waals surface area contributed by atoms with Gasteiger partial charge in [0.25, 0.3) is 5.91 Å². The van der Waals surface area contributed by atoms with E-state index in [1.807, 2.05) is 0 Å². The van der Waals surface area contributed by atoms with E-state index in [1.54, 1.807) is 17.9 Å². The van der Waals surface area contributed by atoms with E-state index in [9.17, 15) is 9.59 Å². The number of carboxylic acid groups (broad SMARTS) is 1. The molecule has 0 aromatic carbocycles. The van der Waals surface area contributed by atoms with Crippen molar-refractivity contribution in [1.82, 2.24) is 24.6 Å². The minimum atomic E-state index is -1.06. The van der Waals surface area contributed by atoms with E-state index in [4.69, 9.17) is 19.4 Å². The number of amides is 1. The summed E-state index contributed by atoms with van der Waals surface area (Å²) in [4.78, 5) is 27.2. The first-order valence-electron chi connectivity index (χ1n) is 11.5. The lowest BCUT2D eigenvalue weighted by molar-refractivity contribution is -0.0757. The molecule has 0 unspecified atom stereocenters. The summed E-state index contributed by atoms with van der Waals surface area (Å²) in [6.07, 6.45) is 5.97. The van der Waals surface area contributed by atoms with Crippen LogP contribution in [0.5, 0.6) is 0 Å². The molecule has 11 nitrogen and oxygen atoms in total. The van der Waals surface area contributed by atoms with Crippen LogP contribution in [0.15, 0.2) is 24.8 Å². The lowest BCUT2D eigenvalue weighted by atomic mass is 10.3. The lowest BCUT2D eigenvalue weighted by Crippen LogP contribution is -2.25. The number of aromatic carboxylic acids is 1. The number of nitrogens with zero attached hydrogens (tertiary/aromatic N) is 5. The summed E-state index contributed by atoms with van der Waals surface area (Å²) in [6, 6.07) is 2.21. The normalized spacial score (nSPS) is 11.7. The van der Waals surface area contributed by atoms with Crippen molar-refractivity contribution in [3.8, 4) is 0 Å². The molecule has 2 aromatic rings. The topological polar surface area (TPSA) is 121 Å². The Hall–Kier alpha value is -2.33. The van der Waals surface area contributed by atoms with Crippen molar-refractivity contribution in [2.75, 3.05) is 27.4 Å². The van der Waals surface area contributed by atoms with Gasteiger partial charge in [0, 0.05) is 48.8 Å². The van der Waals surface area contributed by atoms with Crippen molar-refractivity contribution < 1.29 is 29.0 Å². The van der Waals surface area contributed by atoms with Crippen molar-refractivity contribution in [2.45, 2.75) is 64.8 Å². The average Bonchev–Trinajstić information content (AvgIpc) is 3.42. The van der Waals surface area contributed by atoms with Gasteiger partial charge in [-0.3, -0.25) is 9.63 Å². The highest BCUT2D eigenvalue weighted by Crippen LogP contribution is 2.09. The molecule has 0 saturated carbocycles. The zero-order chi connectivity index (χ0) is 26.6. The maximum atomic E-state index is 11.8. The molecule has 0 radical (unpaired) electrons. The van der Waals surface area contributed by atoms with Gasteiger partial charge in [-0.1, -0.05) is 39.3 Å². The molecule has 0 atom stereocenters. The molecule has 2 aromatic heterocycles. The molecule has 13 heteroatoms. The van der Waals surface area contributed by atoms with E-state index in [0.717, 1.165) is 23.8 Å². The van der Waals surface area contributed by atoms with Gasteiger partial charge in [-0.15, -0.1) is 0 Å². The summed E-state index contributed by atoms with van der Waals surface area (Å²) in [5, 5.41) is 17.8. The molecule has 2 rings (SSSR count). The minimum Gasteiger partial charge on any atom is -0.478 e. The predicted molar refractivity (Wildman–Crippen MR) is 139 cm³/mol. The van der Waals surface area contributed by atoms with Crippen molar-refractivity contribution in [1.29, 1.82) is 0 Å². The zero-order valence-electron chi connectivity index (χ0n) is 22.3. The zero-order valence-corrected chi connectivity index (χ0v) is 24.3. The molecule has 0 aliphatic rings. The maximum Gasteiger partial charge on any atom is 0.338 e. The first-order valence-corrected chi connectivity index (χ1v) is 18.9. The van der Waals surface area contributed by atoms with Crippen LogP contribution in [0.2, 0.25) is 51.4 Å². The Morgan fingerprint density at radius 2 is 1.31 bits per heavy atom. The van der Waals surface area contributed by atoms with Crippen LogP contribution < -0.4 is 0 Å². The van der Waals surface area contributed by atoms with Crippen LogP contribution in [0, 0.1) is 0 Å². The number of hydrogen-bond acceptors (Lipinski definition) is 7. The fourth-order valence-electron chi connectivity index (χ4n) is 2.43. The van der Waals surface area contributed by atoms with Crippen molar-refractivity contribution in [3.05, 3.63) is 35.9 Å². The van der Waals surface area contributed by atoms with E-state index >= 15 is 0 Å². The predicted octanol–water partition coefficient (Wildman–Crippen LogP) is 3.72. The highest BCUT2D eigenvalue weighted by molar-refractivity contribution is 6.76. The highest BCUT2D eigenvalue weighted by Gasteiger charge is 2.15. The first-order chi connectivity index (χ1) is 16.2. The quantitative estimate of drug-likeness (QED) is 0.238. The number of ether oxygens (including phenoxy) is 2. The molecule has 35 heavy (non-hydrogen) atoms. The van der Waals surface area contributed by atoms with E-state index in [-0.39, 0.29) is 11.5 Å². The SMILES string of the molecule is CON(C)C(=O)c1cnn(COCC[Si](C)(C)C)c1.C[Si](C)(C)CCOCn1cc(C(=O)O)cn1. The Labute approximate surface area is 209 Å². The second kappa shape index (κ2) is 14.3. The number of aromatic nitrogens is 4. The van der Waals surface area contributed by atoms with E-state index < -0.39 is 22.1 Å². The van der Waals surface area contributed by atoms with E-state index in [0.29, 0.717) is 25.6 Å². The average molecular weight is 528 g/mol. The Bertz CT molecular complexity index is 920. The summed E-state index contributed by atoms with van der Waals surface area (Å²) in [5.74, 6) is -1.19. The molecule has 0 spiro atoms. The van der Waals surface area contributed by atoms with Crippen LogP contribution in [0.1, 0.15) is 20.7 Å². The largest absolute Gasteiger partial charge is 0.478 e. The molecule has 0 bridgehead atoms. The Kier molecular flexibility index (Phi) is 12.5. The Morgan fingerprint density at radius 1 is 0.886 bits per heavy atom. The van der Waals surface area contributed by atoms with Crippen LogP contribution in [0.4, 0.5) is 0 Å². The second-order valence-corrected chi connectivity index (χ2v) is 21.8. The van der Waals surface area contributed by atoms with Gasteiger partial charge in [-0.05, 0) is 12.1 Å².